The first-order chi connectivity index (χ1) is 17.1. The average molecular weight is 524 g/mol. The molecule has 3 heterocycles. The van der Waals surface area contributed by atoms with Crippen LogP contribution in [0.5, 0.6) is 0 Å². The molecule has 1 N–H and O–H groups in total. The van der Waals surface area contributed by atoms with Crippen molar-refractivity contribution in [2.24, 2.45) is 0 Å². The van der Waals surface area contributed by atoms with E-state index in [4.69, 9.17) is 16.4 Å². The second-order valence-corrected chi connectivity index (χ2v) is 7.58. The van der Waals surface area contributed by atoms with E-state index in [1.165, 1.54) is 43.7 Å². The van der Waals surface area contributed by atoms with E-state index < -0.39 is 23.9 Å². The van der Waals surface area contributed by atoms with Crippen LogP contribution in [0.15, 0.2) is 37.2 Å². The summed E-state index contributed by atoms with van der Waals surface area (Å²) >= 11 is 5.96. The number of carbonyl (C=O) groups is 1. The Labute approximate surface area is 206 Å². The lowest BCUT2D eigenvalue weighted by atomic mass is 10.1. The van der Waals surface area contributed by atoms with Crippen molar-refractivity contribution in [2.75, 3.05) is 24.6 Å². The van der Waals surface area contributed by atoms with Crippen molar-refractivity contribution in [3.63, 3.8) is 0 Å². The number of hydrogen-bond donors (Lipinski definition) is 1. The van der Waals surface area contributed by atoms with E-state index in [1.807, 2.05) is 0 Å². The van der Waals surface area contributed by atoms with Crippen molar-refractivity contribution in [3.05, 3.63) is 53.6 Å². The van der Waals surface area contributed by atoms with E-state index in [0.717, 1.165) is 17.5 Å². The molecule has 0 saturated carbocycles. The molecule has 4 aromatic rings. The molecule has 1 amide bonds. The Morgan fingerprint density at radius 3 is 2.53 bits per heavy atom. The molecule has 0 unspecified atom stereocenters. The van der Waals surface area contributed by atoms with Gasteiger partial charge in [0.05, 0.1) is 31.3 Å². The molecule has 1 atom stereocenters. The van der Waals surface area contributed by atoms with E-state index in [-0.39, 0.29) is 33.4 Å². The summed E-state index contributed by atoms with van der Waals surface area (Å²) < 4.78 is 46.6. The normalized spacial score (nSPS) is 12.4. The molecule has 0 radical (unpaired) electrons. The summed E-state index contributed by atoms with van der Waals surface area (Å²) in [6.45, 7) is 1.70. The molecule has 12 nitrogen and oxygen atoms in total. The van der Waals surface area contributed by atoms with Gasteiger partial charge in [-0.15, -0.1) is 5.06 Å². The van der Waals surface area contributed by atoms with Gasteiger partial charge in [0, 0.05) is 16.5 Å². The fourth-order valence-electron chi connectivity index (χ4n) is 3.36. The van der Waals surface area contributed by atoms with Crippen LogP contribution in [-0.2, 0) is 15.8 Å². The van der Waals surface area contributed by atoms with Gasteiger partial charge < -0.3 is 10.1 Å². The number of fused-ring (bicyclic) bond motifs is 1. The highest BCUT2D eigenvalue weighted by atomic mass is 35.5. The molecule has 36 heavy (non-hydrogen) atoms. The van der Waals surface area contributed by atoms with E-state index >= 15 is 0 Å². The summed E-state index contributed by atoms with van der Waals surface area (Å²) in [5.74, 6) is 0.718. The number of nitrogens with one attached hydrogen (secondary N) is 1. The summed E-state index contributed by atoms with van der Waals surface area (Å²) in [5.41, 5.74) is -1.28. The predicted octanol–water partition coefficient (Wildman–Crippen LogP) is 3.98. The maximum atomic E-state index is 13.5. The van der Waals surface area contributed by atoms with Crippen molar-refractivity contribution in [2.45, 2.75) is 19.1 Å². The van der Waals surface area contributed by atoms with Gasteiger partial charge in [0.1, 0.15) is 24.8 Å². The van der Waals surface area contributed by atoms with E-state index in [9.17, 15) is 18.0 Å². The third-order valence-corrected chi connectivity index (χ3v) is 5.13. The van der Waals surface area contributed by atoms with Crippen LogP contribution in [0.1, 0.15) is 24.4 Å². The SMILES string of the molecule is COC(=O)N(OC)c1cc(-n2ncnc2[C@H](C)Nc2ncnc3c(C(F)(F)F)cc(Cl)cc23)ncn1. The van der Waals surface area contributed by atoms with Crippen molar-refractivity contribution in [3.8, 4) is 5.82 Å². The molecule has 1 aromatic carbocycles. The van der Waals surface area contributed by atoms with Crippen molar-refractivity contribution >= 4 is 40.2 Å². The average Bonchev–Trinajstić information content (AvgIpc) is 3.34. The number of carbonyl (C=O) groups excluding carboxylic acids is 1. The van der Waals surface area contributed by atoms with Crippen LogP contribution in [0.4, 0.5) is 29.6 Å². The zero-order chi connectivity index (χ0) is 26.0. The Bertz CT molecular complexity index is 1420. The first-order valence-electron chi connectivity index (χ1n) is 10.1. The maximum absolute atomic E-state index is 13.5. The summed E-state index contributed by atoms with van der Waals surface area (Å²) in [4.78, 5) is 37.2. The molecule has 16 heteroatoms. The standard InChI is InChI=1S/C20H17ClF3N9O3/c1-10(31-17-12-4-11(21)5-13(20(22,23)24)16(12)27-8-28-17)18-29-9-30-32(18)14-6-15(26-7-25-14)33(36-3)19(34)35-2/h4-10H,1-3H3,(H,27,28,31)/t10-/m0/s1. The largest absolute Gasteiger partial charge is 0.451 e. The van der Waals surface area contributed by atoms with E-state index in [0.29, 0.717) is 5.82 Å². The minimum atomic E-state index is -4.66. The number of hydroxylamine groups is 1. The number of anilines is 2. The number of ether oxygens (including phenoxy) is 1. The van der Waals surface area contributed by atoms with Crippen LogP contribution < -0.4 is 10.4 Å². The summed E-state index contributed by atoms with van der Waals surface area (Å²) in [7, 11) is 2.44. The highest BCUT2D eigenvalue weighted by molar-refractivity contribution is 6.31. The Morgan fingerprint density at radius 2 is 1.83 bits per heavy atom. The molecule has 0 aliphatic rings. The highest BCUT2D eigenvalue weighted by Gasteiger charge is 2.34. The molecule has 188 valence electrons. The van der Waals surface area contributed by atoms with Gasteiger partial charge in [-0.25, -0.2) is 29.7 Å². The van der Waals surface area contributed by atoms with Gasteiger partial charge in [-0.1, -0.05) is 11.6 Å². The number of nitrogens with zero attached hydrogens (tertiary/aromatic N) is 8. The number of rotatable bonds is 6. The third kappa shape index (κ3) is 4.83. The number of amides is 1. The number of alkyl halides is 3. The van der Waals surface area contributed by atoms with E-state index in [1.54, 1.807) is 6.92 Å². The smallest absolute Gasteiger partial charge is 0.440 e. The fraction of sp³-hybridized carbons (Fsp3) is 0.250. The molecule has 0 aliphatic heterocycles. The molecule has 0 saturated heterocycles. The zero-order valence-corrected chi connectivity index (χ0v) is 19.6. The Hall–Kier alpha value is -4.11. The summed E-state index contributed by atoms with van der Waals surface area (Å²) in [5, 5.41) is 7.95. The van der Waals surface area contributed by atoms with Gasteiger partial charge in [-0.2, -0.15) is 23.0 Å². The van der Waals surface area contributed by atoms with Gasteiger partial charge in [-0.3, -0.25) is 4.84 Å². The predicted molar refractivity (Wildman–Crippen MR) is 120 cm³/mol. The first-order valence-corrected chi connectivity index (χ1v) is 10.4. The fourth-order valence-corrected chi connectivity index (χ4v) is 3.58. The van der Waals surface area contributed by atoms with Crippen molar-refractivity contribution in [1.29, 1.82) is 0 Å². The minimum Gasteiger partial charge on any atom is -0.451 e. The second-order valence-electron chi connectivity index (χ2n) is 7.15. The number of methoxy groups -OCH3 is 1. The molecule has 0 aliphatic carbocycles. The van der Waals surface area contributed by atoms with Gasteiger partial charge in [0.2, 0.25) is 0 Å². The number of benzene rings is 1. The van der Waals surface area contributed by atoms with Crippen molar-refractivity contribution < 1.29 is 27.5 Å². The molecule has 3 aromatic heterocycles. The Morgan fingerprint density at radius 1 is 1.08 bits per heavy atom. The van der Waals surface area contributed by atoms with Crippen molar-refractivity contribution in [1.82, 2.24) is 34.7 Å². The zero-order valence-electron chi connectivity index (χ0n) is 18.9. The summed E-state index contributed by atoms with van der Waals surface area (Å²) in [6.07, 6.45) is -2.01. The first kappa shape index (κ1) is 25.0. The topological polar surface area (TPSA) is 133 Å². The van der Waals surface area contributed by atoms with Crippen LogP contribution in [0.3, 0.4) is 0 Å². The lowest BCUT2D eigenvalue weighted by Gasteiger charge is -2.18. The van der Waals surface area contributed by atoms with Crippen LogP contribution >= 0.6 is 11.6 Å². The van der Waals surface area contributed by atoms with E-state index in [2.05, 4.69) is 40.1 Å². The summed E-state index contributed by atoms with van der Waals surface area (Å²) in [6, 6.07) is 2.93. The molecule has 0 bridgehead atoms. The van der Waals surface area contributed by atoms with Gasteiger partial charge in [0.15, 0.2) is 17.5 Å². The molecular weight excluding hydrogens is 507 g/mol. The Balaban J connectivity index is 1.70. The third-order valence-electron chi connectivity index (χ3n) is 4.91. The lowest BCUT2D eigenvalue weighted by molar-refractivity contribution is -0.136. The molecule has 0 fully saturated rings. The van der Waals surface area contributed by atoms with Gasteiger partial charge in [-0.05, 0) is 19.1 Å². The molecule has 0 spiro atoms. The van der Waals surface area contributed by atoms with Crippen LogP contribution in [-0.4, -0.2) is 55.0 Å². The highest BCUT2D eigenvalue weighted by Crippen LogP contribution is 2.38. The van der Waals surface area contributed by atoms with Gasteiger partial charge >= 0.3 is 12.3 Å². The molecular formula is C20H17ClF3N9O3. The Kier molecular flexibility index (Phi) is 6.85. The van der Waals surface area contributed by atoms with Crippen LogP contribution in [0.2, 0.25) is 5.02 Å². The molecule has 4 rings (SSSR count). The quantitative estimate of drug-likeness (QED) is 0.370. The number of halogens is 4. The second kappa shape index (κ2) is 9.87. The van der Waals surface area contributed by atoms with Crippen LogP contribution in [0.25, 0.3) is 16.7 Å². The number of hydrogen-bond acceptors (Lipinski definition) is 10. The van der Waals surface area contributed by atoms with Gasteiger partial charge in [0.25, 0.3) is 0 Å². The van der Waals surface area contributed by atoms with Crippen LogP contribution in [0, 0.1) is 0 Å². The lowest BCUT2D eigenvalue weighted by Crippen LogP contribution is -2.30. The number of aromatic nitrogens is 7. The maximum Gasteiger partial charge on any atom is 0.440 e. The minimum absolute atomic E-state index is 0.0625. The monoisotopic (exact) mass is 523 g/mol.